The molecule has 0 bridgehead atoms. The van der Waals surface area contributed by atoms with Crippen molar-refractivity contribution < 1.29 is 14.6 Å². The number of hydrogen-bond donors (Lipinski definition) is 1. The zero-order valence-electron chi connectivity index (χ0n) is 31.2. The number of halogens is 2. The number of likely N-dealkylation sites (N-methyl/N-ethyl adjacent to an activating group) is 1. The third kappa shape index (κ3) is 11.7. The van der Waals surface area contributed by atoms with E-state index < -0.39 is 0 Å². The number of benzene rings is 3. The van der Waals surface area contributed by atoms with Gasteiger partial charge < -0.3 is 19.5 Å². The Kier molecular flexibility index (Phi) is 16.8. The van der Waals surface area contributed by atoms with E-state index >= 15 is 0 Å². The van der Waals surface area contributed by atoms with Crippen molar-refractivity contribution in [1.82, 2.24) is 19.6 Å². The number of methoxy groups -OCH3 is 2. The van der Waals surface area contributed by atoms with Crippen LogP contribution in [0.25, 0.3) is 0 Å². The number of rotatable bonds is 11. The van der Waals surface area contributed by atoms with E-state index in [1.807, 2.05) is 24.3 Å². The van der Waals surface area contributed by atoms with Gasteiger partial charge in [-0.3, -0.25) is 14.7 Å². The summed E-state index contributed by atoms with van der Waals surface area (Å²) in [6, 6.07) is 21.8. The third-order valence-electron chi connectivity index (χ3n) is 10.3. The van der Waals surface area contributed by atoms with Crippen LogP contribution >= 0.6 is 32.3 Å². The minimum atomic E-state index is 0.175. The summed E-state index contributed by atoms with van der Waals surface area (Å²) in [6.07, 6.45) is 9.31. The maximum absolute atomic E-state index is 10.4. The Balaban J connectivity index is 0.000000213. The van der Waals surface area contributed by atoms with Crippen LogP contribution in [0.15, 0.2) is 60.7 Å². The zero-order valence-corrected chi connectivity index (χ0v) is 32.9. The highest BCUT2D eigenvalue weighted by atomic mass is 35.5. The first-order chi connectivity index (χ1) is 24.8. The van der Waals surface area contributed by atoms with Crippen LogP contribution in [0, 0.1) is 0 Å². The monoisotopic (exact) mass is 742 g/mol. The van der Waals surface area contributed by atoms with E-state index in [2.05, 4.69) is 72.2 Å². The number of phenolic OH excluding ortho intramolecular Hbond substituents is 1. The molecule has 3 aliphatic rings. The summed E-state index contributed by atoms with van der Waals surface area (Å²) >= 11 is 12.1. The van der Waals surface area contributed by atoms with Crippen LogP contribution in [0.3, 0.4) is 0 Å². The highest BCUT2D eigenvalue weighted by Crippen LogP contribution is 2.39. The van der Waals surface area contributed by atoms with Gasteiger partial charge in [0.25, 0.3) is 0 Å². The molecule has 1 aliphatic carbocycles. The van der Waals surface area contributed by atoms with Crippen LogP contribution in [0.5, 0.6) is 17.2 Å². The van der Waals surface area contributed by atoms with Gasteiger partial charge in [-0.2, -0.15) is 9.12 Å². The van der Waals surface area contributed by atoms with Crippen molar-refractivity contribution in [2.75, 3.05) is 67.1 Å². The fourth-order valence-electron chi connectivity index (χ4n) is 7.54. The summed E-state index contributed by atoms with van der Waals surface area (Å²) in [5.41, 5.74) is 3.50. The Labute approximate surface area is 316 Å². The van der Waals surface area contributed by atoms with Crippen molar-refractivity contribution in [2.45, 2.75) is 70.1 Å². The summed E-state index contributed by atoms with van der Waals surface area (Å²) in [6.45, 7) is 9.45. The summed E-state index contributed by atoms with van der Waals surface area (Å²) in [5, 5.41) is 11.7. The van der Waals surface area contributed by atoms with Crippen molar-refractivity contribution in [2.24, 2.45) is 0 Å². The van der Waals surface area contributed by atoms with Gasteiger partial charge in [0, 0.05) is 63.5 Å². The summed E-state index contributed by atoms with van der Waals surface area (Å²) in [7, 11) is 8.71. The zero-order chi connectivity index (χ0) is 36.6. The van der Waals surface area contributed by atoms with Gasteiger partial charge in [-0.05, 0) is 82.9 Å². The molecule has 1 radical (unpaired) electrons. The van der Waals surface area contributed by atoms with Gasteiger partial charge in [0.2, 0.25) is 5.75 Å². The van der Waals surface area contributed by atoms with Crippen LogP contribution in [-0.2, 0) is 19.5 Å². The largest absolute Gasteiger partial charge is 0.504 e. The number of ether oxygens (including phenoxy) is 2. The summed E-state index contributed by atoms with van der Waals surface area (Å²) < 4.78 is 16.6. The molecule has 2 saturated heterocycles. The molecule has 7 nitrogen and oxygen atoms in total. The quantitative estimate of drug-likeness (QED) is 0.164. The van der Waals surface area contributed by atoms with Crippen molar-refractivity contribution in [3.05, 3.63) is 87.4 Å². The first-order valence-corrected chi connectivity index (χ1v) is 19.4. The molecule has 0 amide bonds. The number of aromatic hydroxyl groups is 1. The second-order valence-electron chi connectivity index (χ2n) is 13.5. The van der Waals surface area contributed by atoms with Crippen molar-refractivity contribution in [3.63, 3.8) is 0 Å². The molecule has 6 rings (SSSR count). The molecule has 2 aliphatic heterocycles. The first kappa shape index (κ1) is 39.2. The summed E-state index contributed by atoms with van der Waals surface area (Å²) in [4.78, 5) is 10.2. The van der Waals surface area contributed by atoms with Crippen molar-refractivity contribution in [1.29, 1.82) is 1.34 Å². The molecule has 0 spiro atoms. The Hall–Kier alpha value is -2.03. The van der Waals surface area contributed by atoms with E-state index in [9.17, 15) is 5.11 Å². The van der Waals surface area contributed by atoms with E-state index in [0.717, 1.165) is 57.3 Å². The van der Waals surface area contributed by atoms with Gasteiger partial charge in [-0.15, -0.1) is 0 Å². The topological polar surface area (TPSA) is 51.7 Å². The van der Waals surface area contributed by atoms with Gasteiger partial charge in [-0.25, -0.2) is 0 Å². The second kappa shape index (κ2) is 21.5. The number of piperazine rings is 1. The SMILES string of the molecule is CN(CCc1ccc(Cl)c(Cl)c1)C1CCCCC1N1CCCC1.COc1ccc(CN2CCN(Cc3ccccc3)CC2)c(O)c1OC.[2H][B]P. The van der Waals surface area contributed by atoms with E-state index in [0.29, 0.717) is 34.1 Å². The predicted octanol–water partition coefficient (Wildman–Crippen LogP) is 7.28. The second-order valence-corrected chi connectivity index (χ2v) is 14.3. The molecule has 50 heavy (non-hydrogen) atoms. The Morgan fingerprint density at radius 3 is 2.14 bits per heavy atom. The van der Waals surface area contributed by atoms with Crippen molar-refractivity contribution in [3.8, 4) is 17.2 Å². The lowest BCUT2D eigenvalue weighted by Gasteiger charge is -2.42. The Bertz CT molecular complexity index is 1450. The molecule has 3 fully saturated rings. The van der Waals surface area contributed by atoms with Crippen LogP contribution in [-0.4, -0.2) is 113 Å². The van der Waals surface area contributed by atoms with Crippen LogP contribution < -0.4 is 9.47 Å². The molecule has 3 unspecified atom stereocenters. The molecule has 3 aromatic rings. The molecule has 273 valence electrons. The molecule has 1 N–H and O–H groups in total. The predicted molar refractivity (Wildman–Crippen MR) is 215 cm³/mol. The number of hydrogen-bond acceptors (Lipinski definition) is 7. The average molecular weight is 744 g/mol. The van der Waals surface area contributed by atoms with Crippen LogP contribution in [0.2, 0.25) is 10.0 Å². The lowest BCUT2D eigenvalue weighted by Crippen LogP contribution is -2.51. The maximum atomic E-state index is 10.4. The molecule has 0 aromatic heterocycles. The van der Waals surface area contributed by atoms with Crippen LogP contribution in [0.4, 0.5) is 0 Å². The molecule has 2 heterocycles. The molecule has 1 saturated carbocycles. The Morgan fingerprint density at radius 2 is 1.50 bits per heavy atom. The molecule has 11 heteroatoms. The van der Waals surface area contributed by atoms with Crippen LogP contribution in [0.1, 0.15) is 55.2 Å². The van der Waals surface area contributed by atoms with Gasteiger partial charge in [-0.1, -0.05) is 78.5 Å². The summed E-state index contributed by atoms with van der Waals surface area (Å²) in [5.74, 6) is 1.13. The van der Waals surface area contributed by atoms with Gasteiger partial charge >= 0.3 is 0 Å². The lowest BCUT2D eigenvalue weighted by atomic mass is 9.88. The van der Waals surface area contributed by atoms with E-state index in [1.165, 1.54) is 70.3 Å². The van der Waals surface area contributed by atoms with Gasteiger partial charge in [0.15, 0.2) is 11.5 Å². The van der Waals surface area contributed by atoms with Gasteiger partial charge in [0.1, 0.15) is 7.53 Å². The minimum absolute atomic E-state index is 0.175. The fourth-order valence-corrected chi connectivity index (χ4v) is 7.86. The molecular weight excluding hydrogens is 685 g/mol. The van der Waals surface area contributed by atoms with E-state index in [1.54, 1.807) is 14.2 Å². The smallest absolute Gasteiger partial charge is 0.203 e. The molecule has 3 atom stereocenters. The normalized spacial score (nSPS) is 20.3. The third-order valence-corrected chi connectivity index (χ3v) is 11.1. The van der Waals surface area contributed by atoms with E-state index in [4.69, 9.17) is 34.0 Å². The highest BCUT2D eigenvalue weighted by Gasteiger charge is 2.33. The number of phenols is 1. The fraction of sp³-hybridized carbons (Fsp3) is 0.538. The highest BCUT2D eigenvalue weighted by molar-refractivity contribution is 7.49. The van der Waals surface area contributed by atoms with E-state index in [-0.39, 0.29) is 5.75 Å². The first-order valence-electron chi connectivity index (χ1n) is 18.6. The lowest BCUT2D eigenvalue weighted by molar-refractivity contribution is 0.0771. The van der Waals surface area contributed by atoms with Crippen molar-refractivity contribution >= 4 is 39.8 Å². The minimum Gasteiger partial charge on any atom is -0.504 e. The molecular formula is C39H57BCl2N4O3P. The van der Waals surface area contributed by atoms with Gasteiger partial charge in [0.05, 0.1) is 24.3 Å². The number of likely N-dealkylation sites (tertiary alicyclic amines) is 1. The standard InChI is InChI=1S/C20H26N2O3.C19H28Cl2N2.BH3P/c1-24-18-9-8-17(19(23)20(18)25-2)15-22-12-10-21(11-13-22)14-16-6-4-3-5-7-16;1-22(13-10-15-8-9-16(20)17(21)14-15)18-6-2-3-7-19(18)23-11-4-5-12-23;1-2/h3-9,23H,10-15H2,1-2H3;8-9,14,18-19H,2-7,10-13H2,1H3;1H,2H2/i;;1D. The molecule has 3 aromatic carbocycles. The maximum Gasteiger partial charge on any atom is 0.203 e. The number of nitrogens with zero attached hydrogens (tertiary/aromatic N) is 4. The average Bonchev–Trinajstić information content (AvgIpc) is 3.70. The Morgan fingerprint density at radius 1 is 0.840 bits per heavy atom.